The summed E-state index contributed by atoms with van der Waals surface area (Å²) in [5.74, 6) is -0.0587. The second-order valence-electron chi connectivity index (χ2n) is 6.79. The van der Waals surface area contributed by atoms with Gasteiger partial charge in [-0.2, -0.15) is 0 Å². The van der Waals surface area contributed by atoms with Crippen molar-refractivity contribution in [3.8, 4) is 9.88 Å². The molecule has 4 heterocycles. The number of halogens is 1. The van der Waals surface area contributed by atoms with Gasteiger partial charge in [-0.25, -0.2) is 15.0 Å². The van der Waals surface area contributed by atoms with E-state index in [-0.39, 0.29) is 17.7 Å². The van der Waals surface area contributed by atoms with Crippen molar-refractivity contribution >= 4 is 52.0 Å². The average molecular weight is 463 g/mol. The number of rotatable bonds is 4. The van der Waals surface area contributed by atoms with E-state index in [4.69, 9.17) is 11.6 Å². The molecule has 4 rings (SSSR count). The van der Waals surface area contributed by atoms with Crippen LogP contribution >= 0.6 is 34.3 Å². The van der Waals surface area contributed by atoms with E-state index < -0.39 is 0 Å². The van der Waals surface area contributed by atoms with Crippen LogP contribution in [0.3, 0.4) is 0 Å². The Bertz CT molecular complexity index is 1050. The molecule has 0 saturated carbocycles. The van der Waals surface area contributed by atoms with Gasteiger partial charge in [0.05, 0.1) is 14.9 Å². The van der Waals surface area contributed by atoms with Gasteiger partial charge in [-0.05, 0) is 38.0 Å². The van der Waals surface area contributed by atoms with Crippen LogP contribution in [-0.4, -0.2) is 39.9 Å². The number of carbonyl (C=O) groups excluding carboxylic acids is 2. The Balaban J connectivity index is 1.30. The van der Waals surface area contributed by atoms with Gasteiger partial charge >= 0.3 is 0 Å². The van der Waals surface area contributed by atoms with Gasteiger partial charge in [0.15, 0.2) is 0 Å². The third-order valence-corrected chi connectivity index (χ3v) is 7.34. The second-order valence-corrected chi connectivity index (χ2v) is 9.50. The lowest BCUT2D eigenvalue weighted by atomic mass is 9.96. The number of nitrogens with one attached hydrogen (secondary N) is 2. The minimum absolute atomic E-state index is 0.170. The number of carbonyl (C=O) groups is 2. The SMILES string of the molecule is Cc1nc(-c2ccc(Cl)s2)sc1C(=O)NNC(=O)C1CCN(c2ncccn2)CC1. The van der Waals surface area contributed by atoms with Crippen LogP contribution in [0.15, 0.2) is 30.6 Å². The van der Waals surface area contributed by atoms with Crippen LogP contribution in [0, 0.1) is 12.8 Å². The summed E-state index contributed by atoms with van der Waals surface area (Å²) < 4.78 is 0.668. The van der Waals surface area contributed by atoms with Crippen LogP contribution in [0.4, 0.5) is 5.95 Å². The molecule has 1 aliphatic rings. The number of anilines is 1. The van der Waals surface area contributed by atoms with E-state index >= 15 is 0 Å². The molecule has 3 aromatic heterocycles. The fraction of sp³-hybridized carbons (Fsp3) is 0.316. The number of hydrazine groups is 1. The van der Waals surface area contributed by atoms with Crippen LogP contribution in [-0.2, 0) is 4.79 Å². The highest BCUT2D eigenvalue weighted by molar-refractivity contribution is 7.24. The second kappa shape index (κ2) is 9.07. The highest BCUT2D eigenvalue weighted by Gasteiger charge is 2.27. The highest BCUT2D eigenvalue weighted by atomic mass is 35.5. The number of hydrogen-bond acceptors (Lipinski definition) is 8. The van der Waals surface area contributed by atoms with Crippen molar-refractivity contribution < 1.29 is 9.59 Å². The van der Waals surface area contributed by atoms with Gasteiger partial charge in [0.2, 0.25) is 11.9 Å². The summed E-state index contributed by atoms with van der Waals surface area (Å²) in [7, 11) is 0. The molecule has 1 saturated heterocycles. The molecular formula is C19H19ClN6O2S2. The summed E-state index contributed by atoms with van der Waals surface area (Å²) in [6, 6.07) is 5.45. The Morgan fingerprint density at radius 1 is 1.13 bits per heavy atom. The normalized spacial score (nSPS) is 14.5. The van der Waals surface area contributed by atoms with Gasteiger partial charge < -0.3 is 4.90 Å². The van der Waals surface area contributed by atoms with Crippen molar-refractivity contribution in [2.24, 2.45) is 5.92 Å². The van der Waals surface area contributed by atoms with Crippen molar-refractivity contribution in [2.75, 3.05) is 18.0 Å². The lowest BCUT2D eigenvalue weighted by Gasteiger charge is -2.31. The molecular weight excluding hydrogens is 444 g/mol. The standard InChI is InChI=1S/C19H19ClN6O2S2/c1-11-15(30-18(23-11)13-3-4-14(20)29-13)17(28)25-24-16(27)12-5-9-26(10-6-12)19-21-7-2-8-22-19/h2-4,7-8,12H,5-6,9-10H2,1H3,(H,24,27)(H,25,28). The first-order valence-electron chi connectivity index (χ1n) is 9.36. The topological polar surface area (TPSA) is 100 Å². The number of aromatic nitrogens is 3. The van der Waals surface area contributed by atoms with E-state index in [9.17, 15) is 9.59 Å². The van der Waals surface area contributed by atoms with Crippen molar-refractivity contribution in [2.45, 2.75) is 19.8 Å². The number of hydrogen-bond donors (Lipinski definition) is 2. The van der Waals surface area contributed by atoms with E-state index in [0.29, 0.717) is 46.8 Å². The van der Waals surface area contributed by atoms with Crippen LogP contribution in [0.1, 0.15) is 28.2 Å². The zero-order chi connectivity index (χ0) is 21.1. The van der Waals surface area contributed by atoms with Gasteiger partial charge in [0, 0.05) is 31.4 Å². The number of thiophene rings is 1. The van der Waals surface area contributed by atoms with Gasteiger partial charge in [-0.1, -0.05) is 11.6 Å². The van der Waals surface area contributed by atoms with E-state index in [1.165, 1.54) is 22.7 Å². The molecule has 0 radical (unpaired) electrons. The first-order chi connectivity index (χ1) is 14.5. The van der Waals surface area contributed by atoms with E-state index in [0.717, 1.165) is 9.88 Å². The van der Waals surface area contributed by atoms with Crippen molar-refractivity contribution in [3.05, 3.63) is 45.5 Å². The summed E-state index contributed by atoms with van der Waals surface area (Å²) in [5, 5.41) is 0.733. The van der Waals surface area contributed by atoms with Crippen LogP contribution in [0.25, 0.3) is 9.88 Å². The smallest absolute Gasteiger partial charge is 0.281 e. The zero-order valence-electron chi connectivity index (χ0n) is 16.1. The third-order valence-electron chi connectivity index (χ3n) is 4.79. The monoisotopic (exact) mass is 462 g/mol. The van der Waals surface area contributed by atoms with Crippen molar-refractivity contribution in [1.29, 1.82) is 0 Å². The summed E-state index contributed by atoms with van der Waals surface area (Å²) in [5.41, 5.74) is 5.69. The maximum Gasteiger partial charge on any atom is 0.281 e. The Labute approximate surface area is 186 Å². The predicted molar refractivity (Wildman–Crippen MR) is 118 cm³/mol. The van der Waals surface area contributed by atoms with Crippen LogP contribution in [0.2, 0.25) is 4.34 Å². The zero-order valence-corrected chi connectivity index (χ0v) is 18.5. The van der Waals surface area contributed by atoms with Crippen LogP contribution in [0.5, 0.6) is 0 Å². The van der Waals surface area contributed by atoms with Gasteiger partial charge in [-0.15, -0.1) is 22.7 Å². The summed E-state index contributed by atoms with van der Waals surface area (Å²) in [6.07, 6.45) is 4.75. The maximum atomic E-state index is 12.5. The van der Waals surface area contributed by atoms with Gasteiger partial charge in [0.1, 0.15) is 9.88 Å². The number of piperidine rings is 1. The number of thiazole rings is 1. The van der Waals surface area contributed by atoms with E-state index in [1.807, 2.05) is 6.07 Å². The number of amides is 2. The largest absolute Gasteiger partial charge is 0.341 e. The lowest BCUT2D eigenvalue weighted by molar-refractivity contribution is -0.126. The highest BCUT2D eigenvalue weighted by Crippen LogP contribution is 2.34. The Hall–Kier alpha value is -2.56. The molecule has 0 atom stereocenters. The molecule has 2 N–H and O–H groups in total. The van der Waals surface area contributed by atoms with Crippen LogP contribution < -0.4 is 15.8 Å². The average Bonchev–Trinajstić information content (AvgIpc) is 3.38. The Kier molecular flexibility index (Phi) is 6.26. The number of nitrogens with zero attached hydrogens (tertiary/aromatic N) is 4. The van der Waals surface area contributed by atoms with E-state index in [2.05, 4.69) is 30.7 Å². The molecule has 0 aromatic carbocycles. The quantitative estimate of drug-likeness (QED) is 0.577. The van der Waals surface area contributed by atoms with Crippen molar-refractivity contribution in [3.63, 3.8) is 0 Å². The molecule has 1 aliphatic heterocycles. The molecule has 0 unspecified atom stereocenters. The molecule has 2 amide bonds. The number of aryl methyl sites for hydroxylation is 1. The third kappa shape index (κ3) is 4.61. The van der Waals surface area contributed by atoms with E-state index in [1.54, 1.807) is 31.5 Å². The van der Waals surface area contributed by atoms with Crippen molar-refractivity contribution in [1.82, 2.24) is 25.8 Å². The summed E-state index contributed by atoms with van der Waals surface area (Å²) in [4.78, 5) is 41.4. The molecule has 11 heteroatoms. The molecule has 8 nitrogen and oxygen atoms in total. The molecule has 3 aromatic rings. The first kappa shape index (κ1) is 20.7. The molecule has 156 valence electrons. The fourth-order valence-electron chi connectivity index (χ4n) is 3.22. The first-order valence-corrected chi connectivity index (χ1v) is 11.4. The summed E-state index contributed by atoms with van der Waals surface area (Å²) in [6.45, 7) is 3.15. The molecule has 0 bridgehead atoms. The Morgan fingerprint density at radius 2 is 1.87 bits per heavy atom. The Morgan fingerprint density at radius 3 is 2.53 bits per heavy atom. The fourth-order valence-corrected chi connectivity index (χ4v) is 5.27. The minimum Gasteiger partial charge on any atom is -0.341 e. The lowest BCUT2D eigenvalue weighted by Crippen LogP contribution is -2.47. The van der Waals surface area contributed by atoms with Gasteiger partial charge in [-0.3, -0.25) is 20.4 Å². The summed E-state index contributed by atoms with van der Waals surface area (Å²) >= 11 is 8.67. The molecule has 0 spiro atoms. The molecule has 1 fully saturated rings. The maximum absolute atomic E-state index is 12.5. The minimum atomic E-state index is -0.373. The predicted octanol–water partition coefficient (Wildman–Crippen LogP) is 3.30. The molecule has 30 heavy (non-hydrogen) atoms. The van der Waals surface area contributed by atoms with Gasteiger partial charge in [0.25, 0.3) is 5.91 Å². The molecule has 0 aliphatic carbocycles.